The molecule has 1 aromatic carbocycles. The predicted molar refractivity (Wildman–Crippen MR) is 114 cm³/mol. The Morgan fingerprint density at radius 2 is 1.93 bits per heavy atom. The number of nitrogens with zero attached hydrogens (tertiary/aromatic N) is 3. The molecule has 0 atom stereocenters. The molecule has 0 aliphatic carbocycles. The van der Waals surface area contributed by atoms with E-state index in [0.717, 1.165) is 13.0 Å². The van der Waals surface area contributed by atoms with Crippen LogP contribution in [0.4, 0.5) is 10.1 Å². The van der Waals surface area contributed by atoms with Gasteiger partial charge in [-0.3, -0.25) is 9.59 Å². The van der Waals surface area contributed by atoms with Crippen molar-refractivity contribution in [2.24, 2.45) is 0 Å². The second kappa shape index (κ2) is 11.2. The van der Waals surface area contributed by atoms with Gasteiger partial charge < -0.3 is 15.5 Å². The molecule has 1 aromatic heterocycles. The van der Waals surface area contributed by atoms with Gasteiger partial charge in [-0.1, -0.05) is 11.3 Å². The number of benzene rings is 1. The van der Waals surface area contributed by atoms with Crippen molar-refractivity contribution < 1.29 is 14.0 Å². The first-order valence-electron chi connectivity index (χ1n) is 9.56. The zero-order valence-corrected chi connectivity index (χ0v) is 17.7. The number of hydrogen-bond donors (Lipinski definition) is 2. The van der Waals surface area contributed by atoms with Crippen LogP contribution in [0.25, 0.3) is 0 Å². The molecule has 2 amide bonds. The van der Waals surface area contributed by atoms with Crippen LogP contribution in [0.1, 0.15) is 34.1 Å². The monoisotopic (exact) mass is 437 g/mol. The molecule has 1 fully saturated rings. The maximum Gasteiger partial charge on any atom is 0.286 e. The molecule has 7 nitrogen and oxygen atoms in total. The highest BCUT2D eigenvalue weighted by atomic mass is 32.2. The van der Waals surface area contributed by atoms with Gasteiger partial charge in [-0.25, -0.2) is 4.39 Å². The molecule has 29 heavy (non-hydrogen) atoms. The van der Waals surface area contributed by atoms with E-state index in [-0.39, 0.29) is 22.6 Å². The van der Waals surface area contributed by atoms with E-state index in [4.69, 9.17) is 0 Å². The standard InChI is InChI=1S/C19H24FN5O2S2/c20-14-4-6-15(7-5-14)22-18(27)19-24-23-17(29-19)13-28-12-16(26)21-8-3-11-25-9-1-2-10-25/h4-7H,1-3,8-13H2,(H,21,26)(H,22,27). The van der Waals surface area contributed by atoms with Gasteiger partial charge in [0, 0.05) is 18.0 Å². The maximum atomic E-state index is 12.9. The lowest BCUT2D eigenvalue weighted by molar-refractivity contribution is -0.118. The molecule has 0 spiro atoms. The zero-order valence-electron chi connectivity index (χ0n) is 16.0. The summed E-state index contributed by atoms with van der Waals surface area (Å²) in [6.45, 7) is 4.09. The minimum atomic E-state index is -0.388. The number of hydrogen-bond acceptors (Lipinski definition) is 7. The van der Waals surface area contributed by atoms with E-state index in [1.54, 1.807) is 0 Å². The van der Waals surface area contributed by atoms with Crippen molar-refractivity contribution in [3.05, 3.63) is 40.1 Å². The van der Waals surface area contributed by atoms with Crippen molar-refractivity contribution in [1.82, 2.24) is 20.4 Å². The molecule has 1 aliphatic heterocycles. The first-order chi connectivity index (χ1) is 14.1. The molecular formula is C19H24FN5O2S2. The average molecular weight is 438 g/mol. The second-order valence-electron chi connectivity index (χ2n) is 6.71. The Morgan fingerprint density at radius 3 is 2.69 bits per heavy atom. The van der Waals surface area contributed by atoms with E-state index in [2.05, 4.69) is 25.7 Å². The Bertz CT molecular complexity index is 809. The van der Waals surface area contributed by atoms with Gasteiger partial charge in [0.05, 0.1) is 5.75 Å². The number of anilines is 1. The van der Waals surface area contributed by atoms with Crippen LogP contribution in [0.15, 0.2) is 24.3 Å². The Kier molecular flexibility index (Phi) is 8.38. The summed E-state index contributed by atoms with van der Waals surface area (Å²) in [5.74, 6) is 0.119. The highest BCUT2D eigenvalue weighted by Crippen LogP contribution is 2.18. The Labute approximate surface area is 177 Å². The van der Waals surface area contributed by atoms with Gasteiger partial charge >= 0.3 is 0 Å². The Morgan fingerprint density at radius 1 is 1.17 bits per heavy atom. The number of carbonyl (C=O) groups excluding carboxylic acids is 2. The fourth-order valence-electron chi connectivity index (χ4n) is 2.94. The van der Waals surface area contributed by atoms with E-state index in [9.17, 15) is 14.0 Å². The lowest BCUT2D eigenvalue weighted by Crippen LogP contribution is -2.29. The van der Waals surface area contributed by atoms with Crippen LogP contribution in [-0.4, -0.2) is 58.8 Å². The summed E-state index contributed by atoms with van der Waals surface area (Å²) in [7, 11) is 0. The van der Waals surface area contributed by atoms with Crippen molar-refractivity contribution in [1.29, 1.82) is 0 Å². The molecule has 2 heterocycles. The topological polar surface area (TPSA) is 87.2 Å². The number of likely N-dealkylation sites (tertiary alicyclic amines) is 1. The molecule has 3 rings (SSSR count). The average Bonchev–Trinajstić information content (AvgIpc) is 3.39. The third-order valence-electron chi connectivity index (χ3n) is 4.39. The van der Waals surface area contributed by atoms with Gasteiger partial charge in [-0.2, -0.15) is 0 Å². The summed E-state index contributed by atoms with van der Waals surface area (Å²) in [5.41, 5.74) is 0.490. The highest BCUT2D eigenvalue weighted by molar-refractivity contribution is 7.99. The molecule has 1 aliphatic rings. The Balaban J connectivity index is 1.31. The maximum absolute atomic E-state index is 12.9. The van der Waals surface area contributed by atoms with Crippen LogP contribution in [-0.2, 0) is 10.5 Å². The fourth-order valence-corrected chi connectivity index (χ4v) is 4.58. The molecule has 0 bridgehead atoms. The lowest BCUT2D eigenvalue weighted by Gasteiger charge is -2.14. The number of amides is 2. The van der Waals surface area contributed by atoms with Crippen LogP contribution >= 0.6 is 23.1 Å². The first-order valence-corrected chi connectivity index (χ1v) is 11.5. The Hall–Kier alpha value is -2.04. The fraction of sp³-hybridized carbons (Fsp3) is 0.474. The molecule has 0 radical (unpaired) electrons. The number of thioether (sulfide) groups is 1. The van der Waals surface area contributed by atoms with Crippen molar-refractivity contribution in [2.45, 2.75) is 25.0 Å². The summed E-state index contributed by atoms with van der Waals surface area (Å²) in [6, 6.07) is 5.51. The van der Waals surface area contributed by atoms with Crippen LogP contribution in [0.2, 0.25) is 0 Å². The summed E-state index contributed by atoms with van der Waals surface area (Å²) in [6.07, 6.45) is 3.54. The van der Waals surface area contributed by atoms with Crippen LogP contribution < -0.4 is 10.6 Å². The minimum Gasteiger partial charge on any atom is -0.355 e. The van der Waals surface area contributed by atoms with Gasteiger partial charge in [0.15, 0.2) is 0 Å². The largest absolute Gasteiger partial charge is 0.355 e. The third kappa shape index (κ3) is 7.37. The van der Waals surface area contributed by atoms with Gasteiger partial charge in [0.25, 0.3) is 5.91 Å². The summed E-state index contributed by atoms with van der Waals surface area (Å²) in [5, 5.41) is 14.4. The quantitative estimate of drug-likeness (QED) is 0.556. The number of aromatic nitrogens is 2. The number of rotatable bonds is 10. The highest BCUT2D eigenvalue weighted by Gasteiger charge is 2.14. The van der Waals surface area contributed by atoms with Crippen molar-refractivity contribution in [2.75, 3.05) is 37.2 Å². The molecular weight excluding hydrogens is 413 g/mol. The van der Waals surface area contributed by atoms with Gasteiger partial charge in [-0.05, 0) is 63.2 Å². The molecule has 2 aromatic rings. The summed E-state index contributed by atoms with van der Waals surface area (Å²) in [4.78, 5) is 26.5. The van der Waals surface area contributed by atoms with Crippen LogP contribution in [0.5, 0.6) is 0 Å². The smallest absolute Gasteiger partial charge is 0.286 e. The number of carbonyl (C=O) groups is 2. The molecule has 2 N–H and O–H groups in total. The van der Waals surface area contributed by atoms with Crippen molar-refractivity contribution in [3.63, 3.8) is 0 Å². The molecule has 10 heteroatoms. The molecule has 0 saturated carbocycles. The van der Waals surface area contributed by atoms with E-state index in [1.165, 1.54) is 73.3 Å². The van der Waals surface area contributed by atoms with Gasteiger partial charge in [0.2, 0.25) is 10.9 Å². The number of nitrogens with one attached hydrogen (secondary N) is 2. The molecule has 156 valence electrons. The molecule has 1 saturated heterocycles. The SMILES string of the molecule is O=C(CSCc1nnc(C(=O)Nc2ccc(F)cc2)s1)NCCCN1CCCC1. The lowest BCUT2D eigenvalue weighted by atomic mass is 10.3. The first kappa shape index (κ1) is 21.7. The van der Waals surface area contributed by atoms with Crippen molar-refractivity contribution in [3.8, 4) is 0 Å². The van der Waals surface area contributed by atoms with Crippen LogP contribution in [0, 0.1) is 5.82 Å². The summed E-state index contributed by atoms with van der Waals surface area (Å²) < 4.78 is 12.9. The van der Waals surface area contributed by atoms with Crippen molar-refractivity contribution >= 4 is 40.6 Å². The van der Waals surface area contributed by atoms with Crippen LogP contribution in [0.3, 0.4) is 0 Å². The number of halogens is 1. The zero-order chi connectivity index (χ0) is 20.5. The predicted octanol–water partition coefficient (Wildman–Crippen LogP) is 2.76. The second-order valence-corrected chi connectivity index (χ2v) is 8.75. The van der Waals surface area contributed by atoms with E-state index in [0.29, 0.717) is 28.7 Å². The normalized spacial score (nSPS) is 14.1. The van der Waals surface area contributed by atoms with Gasteiger partial charge in [-0.15, -0.1) is 22.0 Å². The van der Waals surface area contributed by atoms with E-state index >= 15 is 0 Å². The third-order valence-corrected chi connectivity index (χ3v) is 6.44. The van der Waals surface area contributed by atoms with E-state index < -0.39 is 0 Å². The van der Waals surface area contributed by atoms with Gasteiger partial charge in [0.1, 0.15) is 10.8 Å². The summed E-state index contributed by atoms with van der Waals surface area (Å²) >= 11 is 2.62. The van der Waals surface area contributed by atoms with E-state index in [1.807, 2.05) is 0 Å². The minimum absolute atomic E-state index is 0.00946. The molecule has 0 unspecified atom stereocenters.